The molecule has 2 aromatic carbocycles. The molecule has 2 aromatic rings. The van der Waals surface area contributed by atoms with Crippen molar-refractivity contribution in [2.24, 2.45) is 34.5 Å². The Bertz CT molecular complexity index is 1370. The van der Waals surface area contributed by atoms with Crippen molar-refractivity contribution in [2.45, 2.75) is 69.8 Å². The third-order valence-electron chi connectivity index (χ3n) is 10.2. The number of carbonyl (C=O) groups excluding carboxylic acids is 2. The van der Waals surface area contributed by atoms with Crippen LogP contribution in [-0.2, 0) is 28.6 Å². The van der Waals surface area contributed by atoms with Crippen LogP contribution in [0.1, 0.15) is 57.9 Å². The summed E-state index contributed by atoms with van der Waals surface area (Å²) in [5, 5.41) is 0. The van der Waals surface area contributed by atoms with E-state index in [1.807, 2.05) is 13.8 Å². The van der Waals surface area contributed by atoms with Crippen molar-refractivity contribution >= 4 is 22.1 Å². The van der Waals surface area contributed by atoms with Crippen LogP contribution in [-0.4, -0.2) is 32.6 Å². The molecule has 0 aromatic heterocycles. The number of aryl methyl sites for hydroxylation is 1. The minimum Gasteiger partial charge on any atom is -0.458 e. The Hall–Kier alpha value is -2.71. The van der Waals surface area contributed by atoms with Gasteiger partial charge in [-0.2, -0.15) is 8.42 Å². The molecule has 1 spiro atoms. The SMILES string of the molecule is Cc1ccc(S(=O)(=O)OCC(C)(C(=O)Oc2ccccc2)C(=O)OC2(C)CC3C4CC5CC(C4)CC32C5)cc1. The summed E-state index contributed by atoms with van der Waals surface area (Å²) in [5.41, 5.74) is -1.86. The van der Waals surface area contributed by atoms with Crippen LogP contribution in [0.5, 0.6) is 5.75 Å². The molecule has 0 saturated heterocycles. The Kier molecular flexibility index (Phi) is 6.23. The van der Waals surface area contributed by atoms with Crippen molar-refractivity contribution in [1.82, 2.24) is 0 Å². The highest BCUT2D eigenvalue weighted by atomic mass is 32.2. The summed E-state index contributed by atoms with van der Waals surface area (Å²) >= 11 is 0. The zero-order valence-electron chi connectivity index (χ0n) is 22.7. The van der Waals surface area contributed by atoms with E-state index in [2.05, 4.69) is 0 Å². The van der Waals surface area contributed by atoms with E-state index in [4.69, 9.17) is 13.7 Å². The zero-order chi connectivity index (χ0) is 27.6. The van der Waals surface area contributed by atoms with E-state index >= 15 is 0 Å². The molecule has 0 radical (unpaired) electrons. The van der Waals surface area contributed by atoms with Gasteiger partial charge in [-0.3, -0.25) is 13.8 Å². The predicted molar refractivity (Wildman–Crippen MR) is 143 cm³/mol. The molecule has 5 aliphatic rings. The Labute approximate surface area is 230 Å². The van der Waals surface area contributed by atoms with Gasteiger partial charge in [-0.25, -0.2) is 0 Å². The number of hydrogen-bond acceptors (Lipinski definition) is 7. The third-order valence-corrected chi connectivity index (χ3v) is 11.4. The molecule has 5 aliphatic carbocycles. The minimum atomic E-state index is -4.24. The van der Waals surface area contributed by atoms with Crippen LogP contribution in [0.4, 0.5) is 0 Å². The zero-order valence-corrected chi connectivity index (χ0v) is 23.5. The van der Waals surface area contributed by atoms with Crippen LogP contribution < -0.4 is 4.74 Å². The summed E-state index contributed by atoms with van der Waals surface area (Å²) in [4.78, 5) is 27.4. The van der Waals surface area contributed by atoms with Crippen LogP contribution in [0.2, 0.25) is 0 Å². The van der Waals surface area contributed by atoms with E-state index in [-0.39, 0.29) is 16.1 Å². The number of benzene rings is 2. The van der Waals surface area contributed by atoms with Crippen molar-refractivity contribution < 1.29 is 31.7 Å². The molecule has 0 heterocycles. The molecule has 5 atom stereocenters. The Morgan fingerprint density at radius 2 is 1.56 bits per heavy atom. The first-order valence-corrected chi connectivity index (χ1v) is 15.3. The third kappa shape index (κ3) is 4.31. The fourth-order valence-corrected chi connectivity index (χ4v) is 9.16. The summed E-state index contributed by atoms with van der Waals surface area (Å²) in [7, 11) is -4.24. The number of carbonyl (C=O) groups is 2. The van der Waals surface area contributed by atoms with Crippen molar-refractivity contribution in [2.75, 3.05) is 6.61 Å². The van der Waals surface area contributed by atoms with E-state index in [9.17, 15) is 18.0 Å². The molecule has 5 saturated carbocycles. The number of esters is 2. The number of hydrogen-bond donors (Lipinski definition) is 0. The highest BCUT2D eigenvalue weighted by Crippen LogP contribution is 2.75. The van der Waals surface area contributed by atoms with Gasteiger partial charge in [-0.15, -0.1) is 0 Å². The van der Waals surface area contributed by atoms with Crippen LogP contribution in [0.3, 0.4) is 0 Å². The summed E-state index contributed by atoms with van der Waals surface area (Å²) in [6, 6.07) is 14.6. The lowest BCUT2D eigenvalue weighted by molar-refractivity contribution is -0.299. The summed E-state index contributed by atoms with van der Waals surface area (Å²) in [5.74, 6) is 1.12. The van der Waals surface area contributed by atoms with E-state index in [1.165, 1.54) is 38.3 Å². The van der Waals surface area contributed by atoms with Gasteiger partial charge in [-0.1, -0.05) is 35.9 Å². The first-order chi connectivity index (χ1) is 18.4. The highest BCUT2D eigenvalue weighted by Gasteiger charge is 2.73. The topological polar surface area (TPSA) is 96.0 Å². The Balaban J connectivity index is 1.26. The van der Waals surface area contributed by atoms with Crippen LogP contribution in [0.25, 0.3) is 0 Å². The maximum atomic E-state index is 13.9. The van der Waals surface area contributed by atoms with Crippen molar-refractivity contribution in [3.05, 3.63) is 60.2 Å². The van der Waals surface area contributed by atoms with E-state index in [0.717, 1.165) is 24.8 Å². The molecule has 7 nitrogen and oxygen atoms in total. The molecule has 0 N–H and O–H groups in total. The lowest BCUT2D eigenvalue weighted by atomic mass is 9.33. The molecule has 208 valence electrons. The highest BCUT2D eigenvalue weighted by molar-refractivity contribution is 7.86. The smallest absolute Gasteiger partial charge is 0.331 e. The van der Waals surface area contributed by atoms with E-state index in [1.54, 1.807) is 42.5 Å². The normalized spacial score (nSPS) is 33.9. The van der Waals surface area contributed by atoms with Gasteiger partial charge in [0.25, 0.3) is 10.1 Å². The number of para-hydroxylation sites is 1. The summed E-state index contributed by atoms with van der Waals surface area (Å²) < 4.78 is 43.2. The second-order valence-corrected chi connectivity index (χ2v) is 14.4. The average Bonchev–Trinajstić information content (AvgIpc) is 2.90. The molecule has 5 unspecified atom stereocenters. The quantitative estimate of drug-likeness (QED) is 0.186. The second kappa shape index (κ2) is 9.16. The summed E-state index contributed by atoms with van der Waals surface area (Å²) in [6.45, 7) is 4.47. The first kappa shape index (κ1) is 26.5. The van der Waals surface area contributed by atoms with Crippen LogP contribution in [0, 0.1) is 41.4 Å². The predicted octanol–water partition coefficient (Wildman–Crippen LogP) is 5.46. The van der Waals surface area contributed by atoms with Gasteiger partial charge < -0.3 is 9.47 Å². The van der Waals surface area contributed by atoms with Crippen LogP contribution >= 0.6 is 0 Å². The fourth-order valence-electron chi connectivity index (χ4n) is 8.16. The molecule has 0 aliphatic heterocycles. The minimum absolute atomic E-state index is 0.0531. The van der Waals surface area contributed by atoms with Crippen molar-refractivity contribution in [3.63, 3.8) is 0 Å². The van der Waals surface area contributed by atoms with Gasteiger partial charge in [0.05, 0.1) is 11.5 Å². The molecular weight excluding hydrogens is 516 g/mol. The monoisotopic (exact) mass is 552 g/mol. The second-order valence-electron chi connectivity index (χ2n) is 12.8. The molecular formula is C31H36O7S. The first-order valence-electron chi connectivity index (χ1n) is 13.9. The van der Waals surface area contributed by atoms with Crippen molar-refractivity contribution in [1.29, 1.82) is 0 Å². The van der Waals surface area contributed by atoms with E-state index in [0.29, 0.717) is 23.7 Å². The fraction of sp³-hybridized carbons (Fsp3) is 0.548. The Morgan fingerprint density at radius 1 is 0.923 bits per heavy atom. The molecule has 4 bridgehead atoms. The number of ether oxygens (including phenoxy) is 2. The molecule has 39 heavy (non-hydrogen) atoms. The maximum Gasteiger partial charge on any atom is 0.331 e. The molecule has 0 amide bonds. The number of rotatable bonds is 8. The van der Waals surface area contributed by atoms with Gasteiger partial charge in [0.2, 0.25) is 0 Å². The standard InChI is InChI=1S/C31H36O7S/c1-20-9-11-25(12-10-20)39(34,35)36-19-29(2,27(32)37-24-7-5-4-6-8-24)28(33)38-30(3)18-26-23-14-21-13-22(15-23)17-31(26,30)16-21/h4-12,21-23,26H,13-19H2,1-3H3. The molecule has 8 heteroatoms. The van der Waals surface area contributed by atoms with Gasteiger partial charge in [0.15, 0.2) is 5.41 Å². The van der Waals surface area contributed by atoms with Gasteiger partial charge >= 0.3 is 11.9 Å². The lowest BCUT2D eigenvalue weighted by Gasteiger charge is -2.73. The van der Waals surface area contributed by atoms with Gasteiger partial charge in [0.1, 0.15) is 11.4 Å². The van der Waals surface area contributed by atoms with E-state index < -0.39 is 39.7 Å². The largest absolute Gasteiger partial charge is 0.458 e. The molecule has 7 rings (SSSR count). The average molecular weight is 553 g/mol. The molecule has 5 fully saturated rings. The van der Waals surface area contributed by atoms with Gasteiger partial charge in [-0.05, 0) is 107 Å². The van der Waals surface area contributed by atoms with Crippen molar-refractivity contribution in [3.8, 4) is 5.75 Å². The summed E-state index contributed by atoms with van der Waals surface area (Å²) in [6.07, 6.45) is 6.70. The van der Waals surface area contributed by atoms with Crippen LogP contribution in [0.15, 0.2) is 59.5 Å². The Morgan fingerprint density at radius 3 is 2.21 bits per heavy atom. The lowest BCUT2D eigenvalue weighted by Crippen LogP contribution is -2.72. The van der Waals surface area contributed by atoms with Gasteiger partial charge in [0, 0.05) is 5.41 Å². The maximum absolute atomic E-state index is 13.9.